The van der Waals surface area contributed by atoms with Crippen LogP contribution in [0.15, 0.2) is 35.4 Å². The molecule has 0 radical (unpaired) electrons. The third-order valence-electron chi connectivity index (χ3n) is 2.39. The number of hydrogen-bond donors (Lipinski definition) is 4. The van der Waals surface area contributed by atoms with E-state index in [0.717, 1.165) is 5.39 Å². The van der Waals surface area contributed by atoms with E-state index in [2.05, 4.69) is 5.10 Å². The zero-order valence-electron chi connectivity index (χ0n) is 9.29. The van der Waals surface area contributed by atoms with Crippen molar-refractivity contribution in [2.75, 3.05) is 0 Å². The number of rotatable bonds is 2. The fraction of sp³-hybridized carbons (Fsp3) is 0. The first kappa shape index (κ1) is 11.7. The van der Waals surface area contributed by atoms with Crippen molar-refractivity contribution in [3.8, 4) is 11.5 Å². The van der Waals surface area contributed by atoms with Gasteiger partial charge in [-0.15, -0.1) is 0 Å². The predicted octanol–water partition coefficient (Wildman–Crippen LogP) is 1.25. The van der Waals surface area contributed by atoms with E-state index in [-0.39, 0.29) is 11.5 Å². The number of phenols is 2. The number of hydrazone groups is 1. The molecular weight excluding hydrogens is 234 g/mol. The third kappa shape index (κ3) is 2.32. The van der Waals surface area contributed by atoms with Crippen LogP contribution in [0.25, 0.3) is 10.8 Å². The first-order valence-electron chi connectivity index (χ1n) is 5.11. The predicted molar refractivity (Wildman–Crippen MR) is 67.6 cm³/mol. The molecule has 0 unspecified atom stereocenters. The summed E-state index contributed by atoms with van der Waals surface area (Å²) in [7, 11) is 0. The van der Waals surface area contributed by atoms with Gasteiger partial charge in [0, 0.05) is 5.56 Å². The molecule has 2 aromatic rings. The highest BCUT2D eigenvalue weighted by molar-refractivity contribution is 6.03. The largest absolute Gasteiger partial charge is 0.508 e. The Bertz CT molecular complexity index is 632. The number of carbonyl (C=O) groups excluding carboxylic acids is 1. The molecule has 18 heavy (non-hydrogen) atoms. The van der Waals surface area contributed by atoms with E-state index in [0.29, 0.717) is 10.9 Å². The van der Waals surface area contributed by atoms with Gasteiger partial charge in [0.2, 0.25) is 0 Å². The van der Waals surface area contributed by atoms with Crippen molar-refractivity contribution in [2.24, 2.45) is 10.8 Å². The van der Waals surface area contributed by atoms with Crippen molar-refractivity contribution in [2.45, 2.75) is 0 Å². The molecule has 0 atom stereocenters. The maximum absolute atomic E-state index is 10.5. The van der Waals surface area contributed by atoms with Crippen LogP contribution in [0, 0.1) is 0 Å². The van der Waals surface area contributed by atoms with Crippen LogP contribution in [0.4, 0.5) is 4.79 Å². The van der Waals surface area contributed by atoms with E-state index >= 15 is 0 Å². The molecular formula is C12H11N3O3. The fourth-order valence-electron chi connectivity index (χ4n) is 1.62. The topological polar surface area (TPSA) is 108 Å². The zero-order valence-corrected chi connectivity index (χ0v) is 9.29. The Kier molecular flexibility index (Phi) is 3.01. The smallest absolute Gasteiger partial charge is 0.332 e. The Morgan fingerprint density at radius 3 is 2.72 bits per heavy atom. The summed E-state index contributed by atoms with van der Waals surface area (Å²) in [5.74, 6) is 0.0636. The van der Waals surface area contributed by atoms with Gasteiger partial charge in [-0.25, -0.2) is 10.2 Å². The van der Waals surface area contributed by atoms with Gasteiger partial charge in [-0.05, 0) is 29.0 Å². The average Bonchev–Trinajstić information content (AvgIpc) is 2.31. The van der Waals surface area contributed by atoms with Crippen LogP contribution in [0.3, 0.4) is 0 Å². The summed E-state index contributed by atoms with van der Waals surface area (Å²) >= 11 is 0. The highest BCUT2D eigenvalue weighted by Gasteiger charge is 2.05. The Morgan fingerprint density at radius 1 is 1.28 bits per heavy atom. The number of hydrogen-bond acceptors (Lipinski definition) is 4. The van der Waals surface area contributed by atoms with Gasteiger partial charge < -0.3 is 15.9 Å². The number of primary amides is 1. The monoisotopic (exact) mass is 245 g/mol. The highest BCUT2D eigenvalue weighted by Crippen LogP contribution is 2.28. The number of nitrogens with two attached hydrogens (primary N) is 1. The first-order chi connectivity index (χ1) is 8.58. The van der Waals surface area contributed by atoms with Crippen LogP contribution in [0.5, 0.6) is 11.5 Å². The quantitative estimate of drug-likeness (QED) is 0.472. The SMILES string of the molecule is NC(=O)N/N=C/c1c(O)ccc2ccc(O)cc12. The van der Waals surface area contributed by atoms with Crippen LogP contribution in [-0.4, -0.2) is 22.5 Å². The summed E-state index contributed by atoms with van der Waals surface area (Å²) in [4.78, 5) is 10.5. The van der Waals surface area contributed by atoms with Crippen molar-refractivity contribution in [3.63, 3.8) is 0 Å². The van der Waals surface area contributed by atoms with Crippen molar-refractivity contribution in [1.82, 2.24) is 5.43 Å². The summed E-state index contributed by atoms with van der Waals surface area (Å²) in [5.41, 5.74) is 7.29. The number of fused-ring (bicyclic) bond motifs is 1. The minimum absolute atomic E-state index is 0.0110. The van der Waals surface area contributed by atoms with Gasteiger partial charge >= 0.3 is 6.03 Å². The van der Waals surface area contributed by atoms with E-state index in [1.807, 2.05) is 5.43 Å². The molecule has 6 nitrogen and oxygen atoms in total. The lowest BCUT2D eigenvalue weighted by molar-refractivity contribution is 0.249. The Hall–Kier alpha value is -2.76. The Morgan fingerprint density at radius 2 is 2.00 bits per heavy atom. The lowest BCUT2D eigenvalue weighted by atomic mass is 10.0. The molecule has 0 spiro atoms. The number of nitrogens with zero attached hydrogens (tertiary/aromatic N) is 1. The molecule has 2 amide bonds. The van der Waals surface area contributed by atoms with Crippen LogP contribution < -0.4 is 11.2 Å². The minimum atomic E-state index is -0.797. The van der Waals surface area contributed by atoms with Crippen LogP contribution in [0.2, 0.25) is 0 Å². The average molecular weight is 245 g/mol. The second-order valence-electron chi connectivity index (χ2n) is 3.64. The summed E-state index contributed by atoms with van der Waals surface area (Å²) in [6.45, 7) is 0. The van der Waals surface area contributed by atoms with Crippen LogP contribution in [-0.2, 0) is 0 Å². The molecule has 0 fully saturated rings. The molecule has 0 bridgehead atoms. The zero-order chi connectivity index (χ0) is 13.1. The Balaban J connectivity index is 2.53. The normalized spacial score (nSPS) is 10.9. The standard InChI is InChI=1S/C12H11N3O3/c13-12(18)15-14-6-10-9-5-8(16)3-1-7(9)2-4-11(10)17/h1-6,16-17H,(H3,13,15,18)/b14-6+. The summed E-state index contributed by atoms with van der Waals surface area (Å²) in [6, 6.07) is 7.17. The third-order valence-corrected chi connectivity index (χ3v) is 2.39. The number of nitrogens with one attached hydrogen (secondary N) is 1. The second kappa shape index (κ2) is 4.62. The number of carbonyl (C=O) groups is 1. The first-order valence-corrected chi connectivity index (χ1v) is 5.11. The van der Waals surface area contributed by atoms with Crippen molar-refractivity contribution in [3.05, 3.63) is 35.9 Å². The molecule has 0 saturated heterocycles. The van der Waals surface area contributed by atoms with E-state index in [4.69, 9.17) is 5.73 Å². The minimum Gasteiger partial charge on any atom is -0.508 e. The number of amides is 2. The van der Waals surface area contributed by atoms with E-state index in [1.165, 1.54) is 18.3 Å². The number of benzene rings is 2. The van der Waals surface area contributed by atoms with Crippen molar-refractivity contribution in [1.29, 1.82) is 0 Å². The lowest BCUT2D eigenvalue weighted by Gasteiger charge is -2.05. The van der Waals surface area contributed by atoms with Crippen LogP contribution in [0.1, 0.15) is 5.56 Å². The van der Waals surface area contributed by atoms with E-state index in [1.54, 1.807) is 18.2 Å². The number of urea groups is 1. The van der Waals surface area contributed by atoms with Gasteiger partial charge in [0.05, 0.1) is 6.21 Å². The molecule has 0 aliphatic carbocycles. The van der Waals surface area contributed by atoms with Gasteiger partial charge in [0.1, 0.15) is 11.5 Å². The fourth-order valence-corrected chi connectivity index (χ4v) is 1.62. The summed E-state index contributed by atoms with van der Waals surface area (Å²) in [6.07, 6.45) is 1.27. The summed E-state index contributed by atoms with van der Waals surface area (Å²) in [5, 5.41) is 24.2. The molecule has 0 saturated carbocycles. The van der Waals surface area contributed by atoms with Crippen molar-refractivity contribution < 1.29 is 15.0 Å². The second-order valence-corrected chi connectivity index (χ2v) is 3.64. The van der Waals surface area contributed by atoms with Crippen LogP contribution >= 0.6 is 0 Å². The van der Waals surface area contributed by atoms with Gasteiger partial charge in [-0.3, -0.25) is 0 Å². The maximum Gasteiger partial charge on any atom is 0.332 e. The highest BCUT2D eigenvalue weighted by atomic mass is 16.3. The molecule has 0 heterocycles. The molecule has 6 heteroatoms. The molecule has 0 aromatic heterocycles. The molecule has 2 rings (SSSR count). The number of aromatic hydroxyl groups is 2. The lowest BCUT2D eigenvalue weighted by Crippen LogP contribution is -2.24. The van der Waals surface area contributed by atoms with Gasteiger partial charge in [0.25, 0.3) is 0 Å². The summed E-state index contributed by atoms with van der Waals surface area (Å²) < 4.78 is 0. The molecule has 92 valence electrons. The van der Waals surface area contributed by atoms with Gasteiger partial charge in [-0.2, -0.15) is 5.10 Å². The molecule has 5 N–H and O–H groups in total. The van der Waals surface area contributed by atoms with Gasteiger partial charge in [-0.1, -0.05) is 12.1 Å². The van der Waals surface area contributed by atoms with Crippen molar-refractivity contribution >= 4 is 23.0 Å². The molecule has 2 aromatic carbocycles. The Labute approximate surface area is 102 Å². The van der Waals surface area contributed by atoms with Gasteiger partial charge in [0.15, 0.2) is 0 Å². The van der Waals surface area contributed by atoms with E-state index in [9.17, 15) is 15.0 Å². The maximum atomic E-state index is 10.5. The van der Waals surface area contributed by atoms with E-state index < -0.39 is 6.03 Å². The molecule has 0 aliphatic heterocycles. The molecule has 0 aliphatic rings. The number of phenolic OH excluding ortho intramolecular Hbond substituents is 2.